The lowest BCUT2D eigenvalue weighted by Gasteiger charge is -2.34. The van der Waals surface area contributed by atoms with Crippen molar-refractivity contribution in [3.63, 3.8) is 0 Å². The van der Waals surface area contributed by atoms with Crippen molar-refractivity contribution in [3.05, 3.63) is 28.8 Å². The first kappa shape index (κ1) is 14.1. The first-order valence-corrected chi connectivity index (χ1v) is 9.56. The van der Waals surface area contributed by atoms with Gasteiger partial charge in [0.1, 0.15) is 0 Å². The summed E-state index contributed by atoms with van der Waals surface area (Å²) in [5.74, 6) is 0. The van der Waals surface area contributed by atoms with Crippen LogP contribution in [0.1, 0.15) is 37.5 Å². The van der Waals surface area contributed by atoms with Crippen LogP contribution in [0.25, 0.3) is 0 Å². The quantitative estimate of drug-likeness (QED) is 0.521. The molecule has 0 saturated heterocycles. The first-order chi connectivity index (χ1) is 7.07. The maximum Gasteiger partial charge on any atom is 0.286 e. The van der Waals surface area contributed by atoms with Gasteiger partial charge in [-0.2, -0.15) is 0 Å². The van der Waals surface area contributed by atoms with Gasteiger partial charge in [-0.15, -0.1) is 22.2 Å². The lowest BCUT2D eigenvalue weighted by molar-refractivity contribution is 0.749. The molecule has 0 unspecified atom stereocenters. The molecule has 0 spiro atoms. The minimum absolute atomic E-state index is 0.0547. The predicted octanol–water partition coefficient (Wildman–Crippen LogP) is 4.54. The predicted molar refractivity (Wildman–Crippen MR) is 77.5 cm³/mol. The van der Waals surface area contributed by atoms with Gasteiger partial charge in [0.25, 0.3) is 6.69 Å². The van der Waals surface area contributed by atoms with Crippen LogP contribution in [0.2, 0.25) is 5.04 Å². The van der Waals surface area contributed by atoms with Gasteiger partial charge in [-0.25, -0.2) is 0 Å². The van der Waals surface area contributed by atoms with E-state index in [4.69, 9.17) is 22.2 Å². The van der Waals surface area contributed by atoms with Gasteiger partial charge in [-0.1, -0.05) is 38.5 Å². The molecule has 0 aliphatic carbocycles. The smallest absolute Gasteiger partial charge is 0.139 e. The second kappa shape index (κ2) is 4.36. The zero-order chi connectivity index (χ0) is 12.7. The topological polar surface area (TPSA) is 0 Å². The van der Waals surface area contributed by atoms with Crippen molar-refractivity contribution in [1.29, 1.82) is 0 Å². The maximum atomic E-state index is 6.70. The summed E-state index contributed by atoms with van der Waals surface area (Å²) >= 11 is 13.4. The number of hydrogen-bond acceptors (Lipinski definition) is 0. The van der Waals surface area contributed by atoms with Gasteiger partial charge in [0.2, 0.25) is 0 Å². The molecule has 0 bridgehead atoms. The van der Waals surface area contributed by atoms with E-state index in [0.29, 0.717) is 0 Å². The van der Waals surface area contributed by atoms with E-state index in [2.05, 4.69) is 53.7 Å². The highest BCUT2D eigenvalue weighted by atomic mass is 35.7. The molecule has 16 heavy (non-hydrogen) atoms. The van der Waals surface area contributed by atoms with Crippen molar-refractivity contribution in [2.24, 2.45) is 0 Å². The summed E-state index contributed by atoms with van der Waals surface area (Å²) in [6.07, 6.45) is 0. The molecule has 0 atom stereocenters. The molecule has 0 nitrogen and oxygen atoms in total. The summed E-state index contributed by atoms with van der Waals surface area (Å²) in [6.45, 7) is 10.2. The summed E-state index contributed by atoms with van der Waals surface area (Å²) in [5, 5.41) is 1.13. The zero-order valence-corrected chi connectivity index (χ0v) is 13.4. The van der Waals surface area contributed by atoms with E-state index < -0.39 is 6.69 Å². The van der Waals surface area contributed by atoms with Crippen molar-refractivity contribution in [2.45, 2.75) is 46.6 Å². The minimum atomic E-state index is -2.45. The molecule has 3 heteroatoms. The lowest BCUT2D eigenvalue weighted by Crippen LogP contribution is -2.47. The Hall–Kier alpha value is 0.0169. The summed E-state index contributed by atoms with van der Waals surface area (Å²) in [7, 11) is 0. The molecular formula is C13H20Cl2Si. The van der Waals surface area contributed by atoms with Crippen LogP contribution in [0.15, 0.2) is 12.1 Å². The number of benzene rings is 1. The normalized spacial score (nSPS) is 13.0. The van der Waals surface area contributed by atoms with Crippen LogP contribution < -0.4 is 5.19 Å². The van der Waals surface area contributed by atoms with E-state index in [1.807, 2.05) is 0 Å². The van der Waals surface area contributed by atoms with Crippen LogP contribution in [-0.2, 0) is 0 Å². The van der Waals surface area contributed by atoms with E-state index in [-0.39, 0.29) is 5.04 Å². The SMILES string of the molecule is Cc1cc(C)c([Si](Cl)(Cl)C(C)(C)C)c(C)c1. The molecule has 0 aliphatic rings. The van der Waals surface area contributed by atoms with Gasteiger partial charge >= 0.3 is 0 Å². The molecule has 0 aliphatic heterocycles. The van der Waals surface area contributed by atoms with Gasteiger partial charge in [0.15, 0.2) is 0 Å². The molecule has 1 aromatic rings. The molecule has 0 saturated carbocycles. The number of rotatable bonds is 1. The van der Waals surface area contributed by atoms with E-state index in [9.17, 15) is 0 Å². The molecular weight excluding hydrogens is 255 g/mol. The van der Waals surface area contributed by atoms with Crippen molar-refractivity contribution in [1.82, 2.24) is 0 Å². The second-order valence-electron chi connectivity index (χ2n) is 5.60. The van der Waals surface area contributed by atoms with Gasteiger partial charge in [0.05, 0.1) is 0 Å². The third kappa shape index (κ3) is 2.47. The molecule has 1 rings (SSSR count). The molecule has 0 fully saturated rings. The molecule has 0 aromatic heterocycles. The minimum Gasteiger partial charge on any atom is -0.139 e. The average Bonchev–Trinajstić information content (AvgIpc) is 1.97. The van der Waals surface area contributed by atoms with Crippen LogP contribution in [0.5, 0.6) is 0 Å². The van der Waals surface area contributed by atoms with Crippen molar-refractivity contribution in [2.75, 3.05) is 0 Å². The lowest BCUT2D eigenvalue weighted by atomic mass is 10.1. The van der Waals surface area contributed by atoms with Gasteiger partial charge in [-0.05, 0) is 42.1 Å². The highest BCUT2D eigenvalue weighted by Crippen LogP contribution is 2.42. The van der Waals surface area contributed by atoms with Gasteiger partial charge in [-0.3, -0.25) is 0 Å². The molecule has 0 heterocycles. The van der Waals surface area contributed by atoms with Crippen LogP contribution in [0, 0.1) is 20.8 Å². The number of aryl methyl sites for hydroxylation is 3. The fraction of sp³-hybridized carbons (Fsp3) is 0.538. The zero-order valence-electron chi connectivity index (χ0n) is 10.9. The van der Waals surface area contributed by atoms with E-state index in [1.54, 1.807) is 0 Å². The van der Waals surface area contributed by atoms with E-state index in [0.717, 1.165) is 0 Å². The van der Waals surface area contributed by atoms with Crippen LogP contribution in [-0.4, -0.2) is 6.69 Å². The van der Waals surface area contributed by atoms with Crippen molar-refractivity contribution < 1.29 is 0 Å². The summed E-state index contributed by atoms with van der Waals surface area (Å²) in [4.78, 5) is 0. The summed E-state index contributed by atoms with van der Waals surface area (Å²) in [6, 6.07) is 4.33. The third-order valence-electron chi connectivity index (χ3n) is 2.93. The Balaban J connectivity index is 3.45. The molecule has 0 N–H and O–H groups in total. The Morgan fingerprint density at radius 1 is 0.938 bits per heavy atom. The fourth-order valence-corrected chi connectivity index (χ4v) is 5.72. The van der Waals surface area contributed by atoms with Crippen LogP contribution in [0.4, 0.5) is 0 Å². The second-order valence-corrected chi connectivity index (χ2v) is 12.7. The van der Waals surface area contributed by atoms with Gasteiger partial charge in [0, 0.05) is 0 Å². The van der Waals surface area contributed by atoms with E-state index >= 15 is 0 Å². The van der Waals surface area contributed by atoms with Crippen LogP contribution >= 0.6 is 22.2 Å². The molecule has 0 radical (unpaired) electrons. The monoisotopic (exact) mass is 274 g/mol. The number of halogens is 2. The summed E-state index contributed by atoms with van der Waals surface area (Å²) in [5.41, 5.74) is 3.72. The summed E-state index contributed by atoms with van der Waals surface area (Å²) < 4.78 is 0. The van der Waals surface area contributed by atoms with Crippen molar-refractivity contribution >= 4 is 34.0 Å². The Morgan fingerprint density at radius 2 is 1.31 bits per heavy atom. The van der Waals surface area contributed by atoms with Gasteiger partial charge < -0.3 is 0 Å². The molecule has 90 valence electrons. The molecule has 0 amide bonds. The third-order valence-corrected chi connectivity index (χ3v) is 10.8. The van der Waals surface area contributed by atoms with Crippen LogP contribution in [0.3, 0.4) is 0 Å². The highest BCUT2D eigenvalue weighted by Gasteiger charge is 2.45. The highest BCUT2D eigenvalue weighted by molar-refractivity contribution is 7.52. The molecule has 1 aromatic carbocycles. The van der Waals surface area contributed by atoms with E-state index in [1.165, 1.54) is 21.9 Å². The number of hydrogen-bond donors (Lipinski definition) is 0. The Morgan fingerprint density at radius 3 is 1.62 bits per heavy atom. The Labute approximate surface area is 109 Å². The largest absolute Gasteiger partial charge is 0.286 e. The Kier molecular flexibility index (Phi) is 3.84. The standard InChI is InChI=1S/C13H20Cl2Si/c1-9-7-10(2)12(11(3)8-9)16(14,15)13(4,5)6/h7-8H,1-6H3. The average molecular weight is 275 g/mol. The first-order valence-electron chi connectivity index (χ1n) is 5.53. The fourth-order valence-electron chi connectivity index (χ4n) is 2.05. The Bertz CT molecular complexity index is 380. The van der Waals surface area contributed by atoms with Crippen molar-refractivity contribution in [3.8, 4) is 0 Å². The maximum absolute atomic E-state index is 6.70.